The van der Waals surface area contributed by atoms with E-state index in [2.05, 4.69) is 27.0 Å². The van der Waals surface area contributed by atoms with Crippen molar-refractivity contribution in [3.63, 3.8) is 0 Å². The predicted molar refractivity (Wildman–Crippen MR) is 96.8 cm³/mol. The number of aromatic amines is 1. The van der Waals surface area contributed by atoms with E-state index >= 15 is 0 Å². The zero-order valence-corrected chi connectivity index (χ0v) is 14.3. The van der Waals surface area contributed by atoms with Gasteiger partial charge in [-0.25, -0.2) is 4.98 Å². The molecule has 1 N–H and O–H groups in total. The van der Waals surface area contributed by atoms with Crippen molar-refractivity contribution in [2.24, 2.45) is 0 Å². The highest BCUT2D eigenvalue weighted by Crippen LogP contribution is 2.34. The van der Waals surface area contributed by atoms with E-state index in [1.165, 1.54) is 0 Å². The van der Waals surface area contributed by atoms with Gasteiger partial charge in [0.05, 0.1) is 16.2 Å². The normalized spacial score (nSPS) is 11.4. The van der Waals surface area contributed by atoms with Gasteiger partial charge in [-0.2, -0.15) is 0 Å². The number of fused-ring (bicyclic) bond motifs is 2. The van der Waals surface area contributed by atoms with E-state index in [0.717, 1.165) is 37.5 Å². The van der Waals surface area contributed by atoms with E-state index in [1.807, 2.05) is 42.6 Å². The minimum Gasteiger partial charge on any atom is -0.360 e. The summed E-state index contributed by atoms with van der Waals surface area (Å²) in [6.45, 7) is 0. The second-order valence-corrected chi connectivity index (χ2v) is 6.80. The monoisotopic (exact) mass is 390 g/mol. The van der Waals surface area contributed by atoms with E-state index in [0.29, 0.717) is 10.0 Å². The van der Waals surface area contributed by atoms with Crippen LogP contribution in [0.2, 0.25) is 10.0 Å². The van der Waals surface area contributed by atoms with Gasteiger partial charge in [0.1, 0.15) is 0 Å². The van der Waals surface area contributed by atoms with Crippen LogP contribution in [0.25, 0.3) is 33.1 Å². The molecule has 2 heterocycles. The third kappa shape index (κ3) is 2.30. The van der Waals surface area contributed by atoms with Crippen molar-refractivity contribution in [3.05, 3.63) is 63.2 Å². The molecule has 2 aromatic heterocycles. The number of rotatable bonds is 1. The Balaban J connectivity index is 2.01. The first-order chi connectivity index (χ1) is 10.6. The van der Waals surface area contributed by atoms with Crippen molar-refractivity contribution in [1.82, 2.24) is 9.97 Å². The molecule has 0 saturated carbocycles. The summed E-state index contributed by atoms with van der Waals surface area (Å²) in [5, 5.41) is 3.31. The molecule has 0 amide bonds. The van der Waals surface area contributed by atoms with Crippen LogP contribution >= 0.6 is 39.1 Å². The van der Waals surface area contributed by atoms with Crippen LogP contribution in [0.1, 0.15) is 0 Å². The van der Waals surface area contributed by atoms with Gasteiger partial charge in [0.25, 0.3) is 0 Å². The van der Waals surface area contributed by atoms with E-state index in [9.17, 15) is 0 Å². The number of aromatic nitrogens is 2. The SMILES string of the molecule is Clc1ccc2c(Cl)cc(-c3c[nH]c4ccc(Br)cc34)nc2c1. The molecule has 4 rings (SSSR count). The molecule has 0 saturated heterocycles. The van der Waals surface area contributed by atoms with Gasteiger partial charge in [0.15, 0.2) is 0 Å². The van der Waals surface area contributed by atoms with E-state index < -0.39 is 0 Å². The van der Waals surface area contributed by atoms with Crippen LogP contribution in [-0.4, -0.2) is 9.97 Å². The minimum absolute atomic E-state index is 0.648. The van der Waals surface area contributed by atoms with Crippen LogP contribution in [0.15, 0.2) is 53.1 Å². The summed E-state index contributed by atoms with van der Waals surface area (Å²) in [5.41, 5.74) is 3.69. The van der Waals surface area contributed by atoms with Crippen molar-refractivity contribution < 1.29 is 0 Å². The van der Waals surface area contributed by atoms with Crippen molar-refractivity contribution in [3.8, 4) is 11.3 Å². The first-order valence-corrected chi connectivity index (χ1v) is 8.19. The summed E-state index contributed by atoms with van der Waals surface area (Å²) in [5.74, 6) is 0. The summed E-state index contributed by atoms with van der Waals surface area (Å²) in [6.07, 6.45) is 1.95. The van der Waals surface area contributed by atoms with Crippen LogP contribution in [0.4, 0.5) is 0 Å². The lowest BCUT2D eigenvalue weighted by atomic mass is 10.1. The molecule has 0 atom stereocenters. The lowest BCUT2D eigenvalue weighted by Gasteiger charge is -2.05. The number of hydrogen-bond donors (Lipinski definition) is 1. The van der Waals surface area contributed by atoms with Gasteiger partial charge in [-0.05, 0) is 42.5 Å². The molecule has 0 aliphatic carbocycles. The van der Waals surface area contributed by atoms with Crippen LogP contribution in [0, 0.1) is 0 Å². The Morgan fingerprint density at radius 2 is 1.82 bits per heavy atom. The Labute approximate surface area is 145 Å². The first kappa shape index (κ1) is 14.1. The Hall–Kier alpha value is -1.55. The third-order valence-electron chi connectivity index (χ3n) is 3.64. The minimum atomic E-state index is 0.648. The fourth-order valence-corrected chi connectivity index (χ4v) is 3.39. The molecule has 0 aliphatic rings. The van der Waals surface area contributed by atoms with Crippen LogP contribution < -0.4 is 0 Å². The van der Waals surface area contributed by atoms with E-state index in [4.69, 9.17) is 28.2 Å². The molecule has 0 spiro atoms. The van der Waals surface area contributed by atoms with Crippen LogP contribution in [-0.2, 0) is 0 Å². The predicted octanol–water partition coefficient (Wildman–Crippen LogP) is 6.45. The topological polar surface area (TPSA) is 28.7 Å². The molecule has 108 valence electrons. The maximum Gasteiger partial charge on any atom is 0.0746 e. The zero-order valence-electron chi connectivity index (χ0n) is 11.2. The number of H-pyrrole nitrogens is 1. The summed E-state index contributed by atoms with van der Waals surface area (Å²) in [4.78, 5) is 7.98. The van der Waals surface area contributed by atoms with Gasteiger partial charge >= 0.3 is 0 Å². The van der Waals surface area contributed by atoms with Gasteiger partial charge in [-0.3, -0.25) is 0 Å². The van der Waals surface area contributed by atoms with Gasteiger partial charge in [0.2, 0.25) is 0 Å². The van der Waals surface area contributed by atoms with Gasteiger partial charge in [-0.1, -0.05) is 39.1 Å². The largest absolute Gasteiger partial charge is 0.360 e. The Morgan fingerprint density at radius 1 is 0.955 bits per heavy atom. The second kappa shape index (κ2) is 5.27. The highest BCUT2D eigenvalue weighted by Gasteiger charge is 2.11. The number of nitrogens with zero attached hydrogens (tertiary/aromatic N) is 1. The fourth-order valence-electron chi connectivity index (χ4n) is 2.60. The number of nitrogens with one attached hydrogen (secondary N) is 1. The Morgan fingerprint density at radius 3 is 2.68 bits per heavy atom. The molecule has 5 heteroatoms. The molecule has 4 aromatic rings. The van der Waals surface area contributed by atoms with Crippen molar-refractivity contribution in [1.29, 1.82) is 0 Å². The molecule has 2 nitrogen and oxygen atoms in total. The molecule has 22 heavy (non-hydrogen) atoms. The molecule has 0 aliphatic heterocycles. The number of hydrogen-bond acceptors (Lipinski definition) is 1. The average Bonchev–Trinajstić information content (AvgIpc) is 2.89. The molecule has 2 aromatic carbocycles. The zero-order chi connectivity index (χ0) is 15.3. The van der Waals surface area contributed by atoms with Gasteiger partial charge in [-0.15, -0.1) is 0 Å². The molecule has 0 fully saturated rings. The molecular weight excluding hydrogens is 383 g/mol. The van der Waals surface area contributed by atoms with Crippen molar-refractivity contribution in [2.45, 2.75) is 0 Å². The lowest BCUT2D eigenvalue weighted by Crippen LogP contribution is -1.86. The standard InChI is InChI=1S/C17H9BrCl2N2/c18-9-1-4-15-12(5-9)13(8-21-15)17-7-14(20)11-3-2-10(19)6-16(11)22-17/h1-8,21H. The Bertz CT molecular complexity index is 1020. The number of benzene rings is 2. The summed E-state index contributed by atoms with van der Waals surface area (Å²) < 4.78 is 1.02. The van der Waals surface area contributed by atoms with Crippen molar-refractivity contribution in [2.75, 3.05) is 0 Å². The van der Waals surface area contributed by atoms with Crippen LogP contribution in [0.5, 0.6) is 0 Å². The first-order valence-electron chi connectivity index (χ1n) is 6.64. The molecular formula is C17H9BrCl2N2. The summed E-state index contributed by atoms with van der Waals surface area (Å²) >= 11 is 16.0. The second-order valence-electron chi connectivity index (χ2n) is 5.04. The fraction of sp³-hybridized carbons (Fsp3) is 0. The quantitative estimate of drug-likeness (QED) is 0.396. The van der Waals surface area contributed by atoms with Gasteiger partial charge in [0, 0.05) is 37.5 Å². The summed E-state index contributed by atoms with van der Waals surface area (Å²) in [7, 11) is 0. The molecule has 0 radical (unpaired) electrons. The maximum atomic E-state index is 6.41. The highest BCUT2D eigenvalue weighted by atomic mass is 79.9. The average molecular weight is 392 g/mol. The van der Waals surface area contributed by atoms with Gasteiger partial charge < -0.3 is 4.98 Å². The Kier molecular flexibility index (Phi) is 3.37. The highest BCUT2D eigenvalue weighted by molar-refractivity contribution is 9.10. The lowest BCUT2D eigenvalue weighted by molar-refractivity contribution is 1.40. The smallest absolute Gasteiger partial charge is 0.0746 e. The third-order valence-corrected chi connectivity index (χ3v) is 4.68. The van der Waals surface area contributed by atoms with Crippen molar-refractivity contribution >= 4 is 60.9 Å². The van der Waals surface area contributed by atoms with Crippen LogP contribution in [0.3, 0.4) is 0 Å². The van der Waals surface area contributed by atoms with E-state index in [1.54, 1.807) is 0 Å². The summed E-state index contributed by atoms with van der Waals surface area (Å²) in [6, 6.07) is 13.5. The van der Waals surface area contributed by atoms with E-state index in [-0.39, 0.29) is 0 Å². The molecule has 0 unspecified atom stereocenters. The number of halogens is 3. The number of pyridine rings is 1. The maximum absolute atomic E-state index is 6.41. The molecule has 0 bridgehead atoms.